The quantitative estimate of drug-likeness (QED) is 0.392. The van der Waals surface area contributed by atoms with Gasteiger partial charge in [0.15, 0.2) is 0 Å². The summed E-state index contributed by atoms with van der Waals surface area (Å²) in [5, 5.41) is 5.35. The van der Waals surface area contributed by atoms with Crippen LogP contribution in [0.1, 0.15) is 10.4 Å². The highest BCUT2D eigenvalue weighted by Crippen LogP contribution is 2.33. The molecule has 0 aliphatic heterocycles. The number of fused-ring (bicyclic) bond motifs is 1. The minimum absolute atomic E-state index is 0.322. The lowest BCUT2D eigenvalue weighted by atomic mass is 10.2. The van der Waals surface area contributed by atoms with Crippen LogP contribution in [0.4, 0.5) is 4.39 Å². The van der Waals surface area contributed by atoms with Gasteiger partial charge in [0.2, 0.25) is 0 Å². The molecule has 0 fully saturated rings. The lowest BCUT2D eigenvalue weighted by Gasteiger charge is -2.09. The van der Waals surface area contributed by atoms with Crippen molar-refractivity contribution in [1.29, 1.82) is 0 Å². The fourth-order valence-corrected chi connectivity index (χ4v) is 3.35. The van der Waals surface area contributed by atoms with Gasteiger partial charge in [0.25, 0.3) is 0 Å². The van der Waals surface area contributed by atoms with E-state index in [1.165, 1.54) is 19.2 Å². The van der Waals surface area contributed by atoms with Gasteiger partial charge in [0.05, 0.1) is 30.1 Å². The topological polar surface area (TPSA) is 53.4 Å². The van der Waals surface area contributed by atoms with Gasteiger partial charge in [-0.3, -0.25) is 0 Å². The van der Waals surface area contributed by atoms with Gasteiger partial charge in [-0.05, 0) is 70.5 Å². The molecule has 0 spiro atoms. The normalized spacial score (nSPS) is 10.8. The Bertz CT molecular complexity index is 1150. The first-order valence-corrected chi connectivity index (χ1v) is 9.14. The van der Waals surface area contributed by atoms with Gasteiger partial charge in [-0.25, -0.2) is 13.9 Å². The number of hydrogen-bond acceptors (Lipinski definition) is 4. The third-order valence-electron chi connectivity index (χ3n) is 4.19. The number of methoxy groups -OCH3 is 1. The zero-order valence-corrected chi connectivity index (χ0v) is 16.3. The van der Waals surface area contributed by atoms with Crippen molar-refractivity contribution < 1.29 is 18.7 Å². The molecule has 4 rings (SSSR count). The van der Waals surface area contributed by atoms with Crippen molar-refractivity contribution in [3.05, 3.63) is 82.7 Å². The highest BCUT2D eigenvalue weighted by Gasteiger charge is 2.12. The molecule has 7 heteroatoms. The van der Waals surface area contributed by atoms with Crippen LogP contribution in [0.3, 0.4) is 0 Å². The SMILES string of the molecule is COC(=O)c1ccc(-n2ncc3c(Br)cc(Oc4ccc(F)cc4)cc32)cc1. The number of carbonyl (C=O) groups excluding carboxylic acids is 1. The summed E-state index contributed by atoms with van der Waals surface area (Å²) in [5.41, 5.74) is 2.06. The second kappa shape index (κ2) is 7.44. The molecule has 0 saturated carbocycles. The second-order valence-electron chi connectivity index (χ2n) is 5.99. The zero-order chi connectivity index (χ0) is 19.7. The Morgan fingerprint density at radius 3 is 2.43 bits per heavy atom. The van der Waals surface area contributed by atoms with Crippen molar-refractivity contribution in [2.75, 3.05) is 7.11 Å². The molecule has 0 unspecified atom stereocenters. The Balaban J connectivity index is 1.72. The first-order chi connectivity index (χ1) is 13.5. The first kappa shape index (κ1) is 18.2. The molecule has 0 saturated heterocycles. The molecule has 0 bridgehead atoms. The molecule has 3 aromatic carbocycles. The molecule has 0 atom stereocenters. The second-order valence-corrected chi connectivity index (χ2v) is 6.84. The summed E-state index contributed by atoms with van der Waals surface area (Å²) < 4.78 is 26.2. The maximum Gasteiger partial charge on any atom is 0.337 e. The molecule has 4 aromatic rings. The van der Waals surface area contributed by atoms with Crippen molar-refractivity contribution in [3.63, 3.8) is 0 Å². The van der Waals surface area contributed by atoms with E-state index in [1.807, 2.05) is 12.1 Å². The molecular formula is C21H14BrFN2O3. The average molecular weight is 441 g/mol. The van der Waals surface area contributed by atoms with E-state index >= 15 is 0 Å². The molecule has 28 heavy (non-hydrogen) atoms. The molecule has 0 aliphatic rings. The molecule has 0 aliphatic carbocycles. The average Bonchev–Trinajstić information content (AvgIpc) is 3.14. The van der Waals surface area contributed by atoms with Crippen LogP contribution in [0.2, 0.25) is 0 Å². The summed E-state index contributed by atoms with van der Waals surface area (Å²) in [5.74, 6) is 0.395. The molecule has 0 radical (unpaired) electrons. The largest absolute Gasteiger partial charge is 0.465 e. The predicted molar refractivity (Wildman–Crippen MR) is 107 cm³/mol. The summed E-state index contributed by atoms with van der Waals surface area (Å²) in [4.78, 5) is 11.6. The van der Waals surface area contributed by atoms with Crippen LogP contribution in [-0.4, -0.2) is 22.9 Å². The van der Waals surface area contributed by atoms with E-state index in [4.69, 9.17) is 9.47 Å². The number of benzene rings is 3. The van der Waals surface area contributed by atoms with Crippen molar-refractivity contribution >= 4 is 32.8 Å². The summed E-state index contributed by atoms with van der Waals surface area (Å²) in [6, 6.07) is 16.5. The summed E-state index contributed by atoms with van der Waals surface area (Å²) in [7, 11) is 1.34. The molecule has 140 valence electrons. The van der Waals surface area contributed by atoms with Gasteiger partial charge < -0.3 is 9.47 Å². The smallest absolute Gasteiger partial charge is 0.337 e. The summed E-state index contributed by atoms with van der Waals surface area (Å²) >= 11 is 3.54. The van der Waals surface area contributed by atoms with Crippen LogP contribution in [0.25, 0.3) is 16.6 Å². The van der Waals surface area contributed by atoms with Gasteiger partial charge in [0.1, 0.15) is 17.3 Å². The Morgan fingerprint density at radius 1 is 1.04 bits per heavy atom. The van der Waals surface area contributed by atoms with E-state index in [9.17, 15) is 9.18 Å². The van der Waals surface area contributed by atoms with Gasteiger partial charge in [-0.2, -0.15) is 5.10 Å². The fraction of sp³-hybridized carbons (Fsp3) is 0.0476. The van der Waals surface area contributed by atoms with Crippen LogP contribution >= 0.6 is 15.9 Å². The van der Waals surface area contributed by atoms with Crippen molar-refractivity contribution in [3.8, 4) is 17.2 Å². The van der Waals surface area contributed by atoms with Crippen LogP contribution in [0, 0.1) is 5.82 Å². The molecule has 0 amide bonds. The van der Waals surface area contributed by atoms with Gasteiger partial charge in [-0.15, -0.1) is 0 Å². The van der Waals surface area contributed by atoms with Crippen LogP contribution in [0.5, 0.6) is 11.5 Å². The number of nitrogens with zero attached hydrogens (tertiary/aromatic N) is 2. The van der Waals surface area contributed by atoms with Crippen LogP contribution < -0.4 is 4.74 Å². The Labute approximate surface area is 168 Å². The number of hydrogen-bond donors (Lipinski definition) is 0. The molecule has 0 N–H and O–H groups in total. The van der Waals surface area contributed by atoms with E-state index in [1.54, 1.807) is 47.3 Å². The van der Waals surface area contributed by atoms with E-state index in [-0.39, 0.29) is 5.82 Å². The number of ether oxygens (including phenoxy) is 2. The maximum absolute atomic E-state index is 13.1. The number of halogens is 2. The van der Waals surface area contributed by atoms with Gasteiger partial charge in [-0.1, -0.05) is 0 Å². The highest BCUT2D eigenvalue weighted by molar-refractivity contribution is 9.10. The van der Waals surface area contributed by atoms with Crippen molar-refractivity contribution in [2.24, 2.45) is 0 Å². The maximum atomic E-state index is 13.1. The lowest BCUT2D eigenvalue weighted by molar-refractivity contribution is 0.0600. The van der Waals surface area contributed by atoms with Crippen molar-refractivity contribution in [2.45, 2.75) is 0 Å². The monoisotopic (exact) mass is 440 g/mol. The number of esters is 1. The van der Waals surface area contributed by atoms with Gasteiger partial charge >= 0.3 is 5.97 Å². The predicted octanol–water partition coefficient (Wildman–Crippen LogP) is 5.51. The highest BCUT2D eigenvalue weighted by atomic mass is 79.9. The van der Waals surface area contributed by atoms with E-state index in [2.05, 4.69) is 21.0 Å². The molecule has 1 aromatic heterocycles. The van der Waals surface area contributed by atoms with Crippen LogP contribution in [0.15, 0.2) is 71.3 Å². The Morgan fingerprint density at radius 2 is 1.75 bits per heavy atom. The molecule has 5 nitrogen and oxygen atoms in total. The Hall–Kier alpha value is -3.19. The minimum atomic E-state index is -0.394. The zero-order valence-electron chi connectivity index (χ0n) is 14.7. The van der Waals surface area contributed by atoms with E-state index in [0.717, 1.165) is 21.1 Å². The summed E-state index contributed by atoms with van der Waals surface area (Å²) in [6.07, 6.45) is 1.75. The Kier molecular flexibility index (Phi) is 4.83. The van der Waals surface area contributed by atoms with Crippen LogP contribution in [-0.2, 0) is 4.74 Å². The fourth-order valence-electron chi connectivity index (χ4n) is 2.82. The third-order valence-corrected chi connectivity index (χ3v) is 4.85. The number of rotatable bonds is 4. The lowest BCUT2D eigenvalue weighted by Crippen LogP contribution is -2.02. The van der Waals surface area contributed by atoms with Gasteiger partial charge in [0, 0.05) is 15.9 Å². The summed E-state index contributed by atoms with van der Waals surface area (Å²) in [6.45, 7) is 0. The first-order valence-electron chi connectivity index (χ1n) is 8.34. The molecule has 1 heterocycles. The molecular weight excluding hydrogens is 427 g/mol. The van der Waals surface area contributed by atoms with Crippen molar-refractivity contribution in [1.82, 2.24) is 9.78 Å². The number of carbonyl (C=O) groups is 1. The third kappa shape index (κ3) is 3.48. The number of aromatic nitrogens is 2. The van der Waals surface area contributed by atoms with E-state index in [0.29, 0.717) is 17.1 Å². The minimum Gasteiger partial charge on any atom is -0.465 e. The standard InChI is InChI=1S/C21H14BrFN2O3/c1-27-21(26)13-2-6-15(7-3-13)25-20-11-17(10-19(22)18(20)12-24-25)28-16-8-4-14(23)5-9-16/h2-12H,1H3. The van der Waals surface area contributed by atoms with E-state index < -0.39 is 5.97 Å².